The van der Waals surface area contributed by atoms with Crippen molar-refractivity contribution in [3.63, 3.8) is 0 Å². The van der Waals surface area contributed by atoms with Crippen LogP contribution >= 0.6 is 0 Å². The molecule has 24 heavy (non-hydrogen) atoms. The molecule has 2 fully saturated rings. The average molecular weight is 329 g/mol. The van der Waals surface area contributed by atoms with Gasteiger partial charge in [-0.05, 0) is 44.1 Å². The van der Waals surface area contributed by atoms with Gasteiger partial charge >= 0.3 is 12.1 Å². The first-order chi connectivity index (χ1) is 11.6. The summed E-state index contributed by atoms with van der Waals surface area (Å²) < 4.78 is 10.1. The van der Waals surface area contributed by atoms with Gasteiger partial charge in [0.05, 0.1) is 6.61 Å². The predicted octanol–water partition coefficient (Wildman–Crippen LogP) is 3.30. The summed E-state index contributed by atoms with van der Waals surface area (Å²) >= 11 is 0. The first kappa shape index (κ1) is 16.6. The lowest BCUT2D eigenvalue weighted by Gasteiger charge is -2.32. The van der Waals surface area contributed by atoms with E-state index < -0.39 is 18.1 Å². The van der Waals surface area contributed by atoms with Crippen molar-refractivity contribution < 1.29 is 19.1 Å². The molecule has 0 radical (unpaired) electrons. The molecule has 1 heterocycles. The highest BCUT2D eigenvalue weighted by Crippen LogP contribution is 2.29. The highest BCUT2D eigenvalue weighted by molar-refractivity contribution is 5.86. The minimum atomic E-state index is -0.565. The topological polar surface area (TPSA) is 64.6 Å². The van der Waals surface area contributed by atoms with Crippen LogP contribution in [-0.2, 0) is 14.3 Å². The summed E-state index contributed by atoms with van der Waals surface area (Å²) in [6.45, 7) is 2.15. The Balaban J connectivity index is 1.39. The van der Waals surface area contributed by atoms with E-state index in [2.05, 4.69) is 23.5 Å². The van der Waals surface area contributed by atoms with E-state index in [4.69, 9.17) is 9.47 Å². The minimum Gasteiger partial charge on any atom is -0.458 e. The van der Waals surface area contributed by atoms with E-state index in [0.717, 1.165) is 25.7 Å². The zero-order valence-electron chi connectivity index (χ0n) is 13.9. The number of esters is 1. The van der Waals surface area contributed by atoms with Gasteiger partial charge in [-0.15, -0.1) is 0 Å². The summed E-state index contributed by atoms with van der Waals surface area (Å²) in [6.07, 6.45) is 5.57. The number of nitrogens with one attached hydrogen (secondary N) is 1. The van der Waals surface area contributed by atoms with Crippen LogP contribution in [-0.4, -0.2) is 30.8 Å². The van der Waals surface area contributed by atoms with E-state index in [0.29, 0.717) is 12.5 Å². The van der Waals surface area contributed by atoms with Gasteiger partial charge in [0.25, 0.3) is 0 Å². The van der Waals surface area contributed by atoms with Gasteiger partial charge in [-0.2, -0.15) is 0 Å². The number of ether oxygens (including phenoxy) is 2. The highest BCUT2D eigenvalue weighted by Gasteiger charge is 2.40. The summed E-state index contributed by atoms with van der Waals surface area (Å²) in [4.78, 5) is 22.9. The average Bonchev–Trinajstić information content (AvgIpc) is 2.60. The molecule has 1 aromatic rings. The molecule has 0 bridgehead atoms. The number of hydrogen-bond acceptors (Lipinski definition) is 4. The predicted molar refractivity (Wildman–Crippen MR) is 90.2 cm³/mol. The Bertz CT molecular complexity index is 616. The number of hydrogen-bond donors (Lipinski definition) is 1. The third kappa shape index (κ3) is 4.16. The third-order valence-corrected chi connectivity index (χ3v) is 4.67. The van der Waals surface area contributed by atoms with Crippen LogP contribution in [0.2, 0.25) is 0 Å². The molecule has 1 amide bonds. The molecule has 1 saturated heterocycles. The van der Waals surface area contributed by atoms with Crippen molar-refractivity contribution in [2.45, 2.75) is 44.8 Å². The van der Waals surface area contributed by atoms with Crippen LogP contribution in [0, 0.1) is 5.92 Å². The van der Waals surface area contributed by atoms with Gasteiger partial charge in [-0.1, -0.05) is 42.0 Å². The maximum absolute atomic E-state index is 11.7. The van der Waals surface area contributed by atoms with Crippen LogP contribution in [0.5, 0.6) is 0 Å². The van der Waals surface area contributed by atoms with E-state index in [1.54, 1.807) is 6.92 Å². The number of amides is 1. The van der Waals surface area contributed by atoms with Crippen molar-refractivity contribution in [1.82, 2.24) is 5.32 Å². The molecular weight excluding hydrogens is 306 g/mol. The van der Waals surface area contributed by atoms with Crippen LogP contribution in [0.3, 0.4) is 0 Å². The number of alkyl carbamates (subject to hydrolysis) is 1. The number of carbonyl (C=O) groups excluding carboxylic acids is 2. The Morgan fingerprint density at radius 2 is 2.00 bits per heavy atom. The molecule has 1 aromatic carbocycles. The maximum atomic E-state index is 11.7. The van der Waals surface area contributed by atoms with Crippen molar-refractivity contribution in [1.29, 1.82) is 0 Å². The molecule has 0 aromatic heterocycles. The van der Waals surface area contributed by atoms with Gasteiger partial charge in [-0.25, -0.2) is 9.59 Å². The monoisotopic (exact) mass is 329 g/mol. The summed E-state index contributed by atoms with van der Waals surface area (Å²) in [5.74, 6) is -0.0118. The van der Waals surface area contributed by atoms with Crippen LogP contribution in [0.4, 0.5) is 4.79 Å². The largest absolute Gasteiger partial charge is 0.458 e. The standard InChI is InChI=1S/C19H23NO4/c1-13-17(18(21)24-13)20-19(22)23-12-16-9-7-15(8-10-16)11-14-5-3-2-4-6-14/h2-6,11,13,16-17H,7-10,12H2,1H3,(H,20,22)/t13-,16?,17+/m0/s1. The van der Waals surface area contributed by atoms with E-state index in [1.165, 1.54) is 11.1 Å². The Morgan fingerprint density at radius 3 is 2.62 bits per heavy atom. The fourth-order valence-corrected chi connectivity index (χ4v) is 3.13. The second-order valence-electron chi connectivity index (χ2n) is 6.52. The number of cyclic esters (lactones) is 1. The minimum absolute atomic E-state index is 0.273. The molecule has 1 N–H and O–H groups in total. The highest BCUT2D eigenvalue weighted by atomic mass is 16.6. The molecule has 1 aliphatic heterocycles. The van der Waals surface area contributed by atoms with Gasteiger partial charge in [0.2, 0.25) is 0 Å². The molecule has 0 spiro atoms. The quantitative estimate of drug-likeness (QED) is 0.861. The van der Waals surface area contributed by atoms with Gasteiger partial charge in [-0.3, -0.25) is 0 Å². The van der Waals surface area contributed by atoms with Crippen molar-refractivity contribution in [3.05, 3.63) is 41.5 Å². The van der Waals surface area contributed by atoms with Crippen molar-refractivity contribution >= 4 is 18.1 Å². The first-order valence-electron chi connectivity index (χ1n) is 8.50. The van der Waals surface area contributed by atoms with Gasteiger partial charge < -0.3 is 14.8 Å². The molecule has 3 rings (SSSR count). The molecule has 2 aliphatic rings. The van der Waals surface area contributed by atoms with Crippen LogP contribution in [0.1, 0.15) is 38.2 Å². The van der Waals surface area contributed by atoms with E-state index in [-0.39, 0.29) is 6.10 Å². The molecule has 0 unspecified atom stereocenters. The molecule has 2 atom stereocenters. The molecule has 1 saturated carbocycles. The number of rotatable bonds is 4. The van der Waals surface area contributed by atoms with Gasteiger partial charge in [0, 0.05) is 0 Å². The Labute approximate surface area is 142 Å². The number of benzene rings is 1. The second-order valence-corrected chi connectivity index (χ2v) is 6.52. The summed E-state index contributed by atoms with van der Waals surface area (Å²) in [6, 6.07) is 9.76. The third-order valence-electron chi connectivity index (χ3n) is 4.67. The SMILES string of the molecule is C[C@@H]1OC(=O)[C@@H]1NC(=O)OCC1CCC(=Cc2ccccc2)CC1. The Morgan fingerprint density at radius 1 is 1.29 bits per heavy atom. The van der Waals surface area contributed by atoms with Crippen LogP contribution in [0.15, 0.2) is 35.9 Å². The smallest absolute Gasteiger partial charge is 0.407 e. The lowest BCUT2D eigenvalue weighted by Crippen LogP contribution is -2.58. The van der Waals surface area contributed by atoms with Gasteiger partial charge in [0.1, 0.15) is 6.10 Å². The Hall–Kier alpha value is -2.30. The van der Waals surface area contributed by atoms with Crippen molar-refractivity contribution in [2.75, 3.05) is 6.61 Å². The number of allylic oxidation sites excluding steroid dienone is 1. The summed E-state index contributed by atoms with van der Waals surface area (Å²) in [7, 11) is 0. The van der Waals surface area contributed by atoms with Crippen molar-refractivity contribution in [2.24, 2.45) is 5.92 Å². The van der Waals surface area contributed by atoms with Crippen molar-refractivity contribution in [3.8, 4) is 0 Å². The second kappa shape index (κ2) is 7.51. The molecule has 128 valence electrons. The lowest BCUT2D eigenvalue weighted by molar-refractivity contribution is -0.174. The fourth-order valence-electron chi connectivity index (χ4n) is 3.13. The van der Waals surface area contributed by atoms with Crippen LogP contribution in [0.25, 0.3) is 6.08 Å². The van der Waals surface area contributed by atoms with E-state index in [9.17, 15) is 9.59 Å². The summed E-state index contributed by atoms with van der Waals surface area (Å²) in [5, 5.41) is 2.55. The molecule has 5 heteroatoms. The zero-order chi connectivity index (χ0) is 16.9. The zero-order valence-corrected chi connectivity index (χ0v) is 13.9. The lowest BCUT2D eigenvalue weighted by atomic mass is 9.85. The Kier molecular flexibility index (Phi) is 5.18. The van der Waals surface area contributed by atoms with E-state index in [1.807, 2.05) is 18.2 Å². The molecule has 1 aliphatic carbocycles. The van der Waals surface area contributed by atoms with E-state index >= 15 is 0 Å². The summed E-state index contributed by atoms with van der Waals surface area (Å²) in [5.41, 5.74) is 2.69. The fraction of sp³-hybridized carbons (Fsp3) is 0.474. The maximum Gasteiger partial charge on any atom is 0.407 e. The molecule has 5 nitrogen and oxygen atoms in total. The number of carbonyl (C=O) groups is 2. The van der Waals surface area contributed by atoms with Gasteiger partial charge in [0.15, 0.2) is 6.04 Å². The van der Waals surface area contributed by atoms with Crippen LogP contribution < -0.4 is 5.32 Å². The molecular formula is C19H23NO4. The normalized spacial score (nSPS) is 26.1. The first-order valence-corrected chi connectivity index (χ1v) is 8.50.